The third-order valence-corrected chi connectivity index (χ3v) is 5.86. The van der Waals surface area contributed by atoms with E-state index in [2.05, 4.69) is 41.4 Å². The van der Waals surface area contributed by atoms with Crippen LogP contribution in [0.1, 0.15) is 49.7 Å². The van der Waals surface area contributed by atoms with Crippen molar-refractivity contribution in [2.75, 3.05) is 26.2 Å². The quantitative estimate of drug-likeness (QED) is 0.866. The molecule has 1 atom stereocenters. The number of aryl methyl sites for hydroxylation is 2. The molecule has 2 fully saturated rings. The molecule has 0 spiro atoms. The molecular weight excluding hydrogens is 296 g/mol. The minimum absolute atomic E-state index is 0.388. The van der Waals surface area contributed by atoms with Gasteiger partial charge in [0.05, 0.1) is 0 Å². The highest BCUT2D eigenvalue weighted by Crippen LogP contribution is 2.24. The number of hydrogen-bond donors (Lipinski definition) is 1. The summed E-state index contributed by atoms with van der Waals surface area (Å²) in [5, 5.41) is 3.39. The molecule has 1 aromatic carbocycles. The average molecular weight is 329 g/mol. The molecule has 0 saturated carbocycles. The Morgan fingerprint density at radius 1 is 1.08 bits per heavy atom. The van der Waals surface area contributed by atoms with Gasteiger partial charge >= 0.3 is 0 Å². The van der Waals surface area contributed by atoms with Gasteiger partial charge in [0, 0.05) is 19.5 Å². The van der Waals surface area contributed by atoms with E-state index < -0.39 is 0 Å². The third-order valence-electron chi connectivity index (χ3n) is 5.86. The first-order valence-electron chi connectivity index (χ1n) is 9.75. The number of carbonyl (C=O) groups is 1. The number of carbonyl (C=O) groups excluding carboxylic acids is 1. The second kappa shape index (κ2) is 8.66. The van der Waals surface area contributed by atoms with Crippen LogP contribution >= 0.6 is 0 Å². The SMILES string of the molecule is Cc1ccc(CCC2CCN(C(=O)CCC3CCNC3)CC2)cc1. The zero-order chi connectivity index (χ0) is 16.8. The van der Waals surface area contributed by atoms with E-state index in [1.165, 1.54) is 43.2 Å². The second-order valence-electron chi connectivity index (χ2n) is 7.75. The lowest BCUT2D eigenvalue weighted by Gasteiger charge is -2.32. The lowest BCUT2D eigenvalue weighted by atomic mass is 9.90. The molecule has 0 aromatic heterocycles. The van der Waals surface area contributed by atoms with Gasteiger partial charge in [-0.2, -0.15) is 0 Å². The molecule has 2 heterocycles. The maximum absolute atomic E-state index is 12.4. The van der Waals surface area contributed by atoms with Gasteiger partial charge < -0.3 is 10.2 Å². The Labute approximate surface area is 146 Å². The smallest absolute Gasteiger partial charge is 0.222 e. The largest absolute Gasteiger partial charge is 0.343 e. The van der Waals surface area contributed by atoms with E-state index in [4.69, 9.17) is 0 Å². The number of benzene rings is 1. The first-order valence-corrected chi connectivity index (χ1v) is 9.75. The maximum Gasteiger partial charge on any atom is 0.222 e. The summed E-state index contributed by atoms with van der Waals surface area (Å²) in [6, 6.07) is 8.92. The number of hydrogen-bond acceptors (Lipinski definition) is 2. The van der Waals surface area contributed by atoms with Crippen LogP contribution in [-0.4, -0.2) is 37.0 Å². The molecule has 24 heavy (non-hydrogen) atoms. The molecular formula is C21H32N2O. The first-order chi connectivity index (χ1) is 11.7. The number of likely N-dealkylation sites (tertiary alicyclic amines) is 1. The number of rotatable bonds is 6. The Balaban J connectivity index is 1.34. The predicted molar refractivity (Wildman–Crippen MR) is 99.0 cm³/mol. The molecule has 2 aliphatic heterocycles. The summed E-state index contributed by atoms with van der Waals surface area (Å²) in [5.74, 6) is 1.90. The normalized spacial score (nSPS) is 22.0. The van der Waals surface area contributed by atoms with Crippen molar-refractivity contribution in [1.82, 2.24) is 10.2 Å². The average Bonchev–Trinajstić information content (AvgIpc) is 3.13. The molecule has 0 bridgehead atoms. The van der Waals surface area contributed by atoms with Crippen LogP contribution in [0.2, 0.25) is 0 Å². The Bertz CT molecular complexity index is 511. The summed E-state index contributed by atoms with van der Waals surface area (Å²) in [4.78, 5) is 14.5. The highest BCUT2D eigenvalue weighted by Gasteiger charge is 2.23. The van der Waals surface area contributed by atoms with E-state index in [0.717, 1.165) is 50.9 Å². The van der Waals surface area contributed by atoms with E-state index >= 15 is 0 Å². The van der Waals surface area contributed by atoms with E-state index in [1.807, 2.05) is 0 Å². The molecule has 1 unspecified atom stereocenters. The molecule has 2 saturated heterocycles. The fraction of sp³-hybridized carbons (Fsp3) is 0.667. The van der Waals surface area contributed by atoms with Crippen molar-refractivity contribution < 1.29 is 4.79 Å². The van der Waals surface area contributed by atoms with E-state index in [-0.39, 0.29) is 0 Å². The number of piperidine rings is 1. The monoisotopic (exact) mass is 328 g/mol. The van der Waals surface area contributed by atoms with Gasteiger partial charge in [0.2, 0.25) is 5.91 Å². The number of nitrogens with one attached hydrogen (secondary N) is 1. The minimum atomic E-state index is 0.388. The molecule has 1 aromatic rings. The summed E-state index contributed by atoms with van der Waals surface area (Å²) >= 11 is 0. The Morgan fingerprint density at radius 2 is 1.83 bits per heavy atom. The Hall–Kier alpha value is -1.35. The van der Waals surface area contributed by atoms with Gasteiger partial charge in [-0.1, -0.05) is 29.8 Å². The maximum atomic E-state index is 12.4. The zero-order valence-electron chi connectivity index (χ0n) is 15.1. The first kappa shape index (κ1) is 17.5. The van der Waals surface area contributed by atoms with Crippen LogP contribution in [0.3, 0.4) is 0 Å². The molecule has 3 heteroatoms. The van der Waals surface area contributed by atoms with Gasteiger partial charge in [-0.15, -0.1) is 0 Å². The molecule has 0 radical (unpaired) electrons. The molecule has 0 aliphatic carbocycles. The van der Waals surface area contributed by atoms with Crippen LogP contribution in [0.15, 0.2) is 24.3 Å². The fourth-order valence-electron chi connectivity index (χ4n) is 4.04. The predicted octanol–water partition coefficient (Wildman–Crippen LogP) is 3.56. The summed E-state index contributed by atoms with van der Waals surface area (Å²) < 4.78 is 0. The Kier molecular flexibility index (Phi) is 6.30. The molecule has 3 rings (SSSR count). The minimum Gasteiger partial charge on any atom is -0.343 e. The van der Waals surface area contributed by atoms with Gasteiger partial charge in [0.25, 0.3) is 0 Å². The number of nitrogens with zero attached hydrogens (tertiary/aromatic N) is 1. The lowest BCUT2D eigenvalue weighted by molar-refractivity contribution is -0.132. The number of amides is 1. The van der Waals surface area contributed by atoms with Gasteiger partial charge in [-0.25, -0.2) is 0 Å². The van der Waals surface area contributed by atoms with Gasteiger partial charge in [0.1, 0.15) is 0 Å². The topological polar surface area (TPSA) is 32.3 Å². The Morgan fingerprint density at radius 3 is 2.50 bits per heavy atom. The molecule has 1 N–H and O–H groups in total. The van der Waals surface area contributed by atoms with Crippen molar-refractivity contribution in [1.29, 1.82) is 0 Å². The standard InChI is InChI=1S/C21H32N2O/c1-17-2-4-18(5-3-17)6-7-19-11-14-23(15-12-19)21(24)9-8-20-10-13-22-16-20/h2-5,19-20,22H,6-16H2,1H3. The van der Waals surface area contributed by atoms with Crippen LogP contribution in [-0.2, 0) is 11.2 Å². The van der Waals surface area contributed by atoms with Crippen molar-refractivity contribution in [3.05, 3.63) is 35.4 Å². The van der Waals surface area contributed by atoms with Gasteiger partial charge in [0.15, 0.2) is 0 Å². The molecule has 132 valence electrons. The lowest BCUT2D eigenvalue weighted by Crippen LogP contribution is -2.38. The van der Waals surface area contributed by atoms with Crippen LogP contribution in [0.25, 0.3) is 0 Å². The summed E-state index contributed by atoms with van der Waals surface area (Å²) in [6.45, 7) is 6.32. The van der Waals surface area contributed by atoms with Crippen molar-refractivity contribution in [3.63, 3.8) is 0 Å². The van der Waals surface area contributed by atoms with Crippen LogP contribution < -0.4 is 5.32 Å². The van der Waals surface area contributed by atoms with Crippen LogP contribution in [0.4, 0.5) is 0 Å². The molecule has 3 nitrogen and oxygen atoms in total. The summed E-state index contributed by atoms with van der Waals surface area (Å²) in [5.41, 5.74) is 2.78. The van der Waals surface area contributed by atoms with Crippen LogP contribution in [0.5, 0.6) is 0 Å². The van der Waals surface area contributed by atoms with E-state index in [1.54, 1.807) is 0 Å². The van der Waals surface area contributed by atoms with Gasteiger partial charge in [-0.3, -0.25) is 4.79 Å². The van der Waals surface area contributed by atoms with Gasteiger partial charge in [-0.05, 0) is 75.9 Å². The second-order valence-corrected chi connectivity index (χ2v) is 7.75. The summed E-state index contributed by atoms with van der Waals surface area (Å²) in [7, 11) is 0. The third kappa shape index (κ3) is 5.07. The summed E-state index contributed by atoms with van der Waals surface area (Å²) in [6.07, 6.45) is 7.87. The molecule has 1 amide bonds. The molecule has 2 aliphatic rings. The van der Waals surface area contributed by atoms with E-state index in [9.17, 15) is 4.79 Å². The van der Waals surface area contributed by atoms with Crippen molar-refractivity contribution >= 4 is 5.91 Å². The fourth-order valence-corrected chi connectivity index (χ4v) is 4.04. The highest BCUT2D eigenvalue weighted by atomic mass is 16.2. The van der Waals surface area contributed by atoms with Crippen molar-refractivity contribution in [2.45, 2.75) is 51.9 Å². The zero-order valence-corrected chi connectivity index (χ0v) is 15.1. The van der Waals surface area contributed by atoms with Crippen LogP contribution in [0, 0.1) is 18.8 Å². The van der Waals surface area contributed by atoms with E-state index in [0.29, 0.717) is 5.91 Å². The van der Waals surface area contributed by atoms with Crippen molar-refractivity contribution in [2.24, 2.45) is 11.8 Å². The highest BCUT2D eigenvalue weighted by molar-refractivity contribution is 5.76. The van der Waals surface area contributed by atoms with Crippen molar-refractivity contribution in [3.8, 4) is 0 Å².